The Labute approximate surface area is 155 Å². The average molecular weight is 372 g/mol. The fourth-order valence-electron chi connectivity index (χ4n) is 3.23. The zero-order valence-corrected chi connectivity index (χ0v) is 16.1. The SMILES string of the molecule is CC(C(=O)N1CCc2sccc2C1)N(C)Cc1nc2ccccc2s1. The summed E-state index contributed by atoms with van der Waals surface area (Å²) in [5, 5.41) is 3.18. The lowest BCUT2D eigenvalue weighted by Crippen LogP contribution is -2.46. The van der Waals surface area contributed by atoms with Crippen molar-refractivity contribution >= 4 is 38.8 Å². The zero-order valence-electron chi connectivity index (χ0n) is 14.4. The minimum absolute atomic E-state index is 0.146. The molecule has 0 N–H and O–H groups in total. The number of nitrogens with zero attached hydrogens (tertiary/aromatic N) is 3. The highest BCUT2D eigenvalue weighted by atomic mass is 32.1. The predicted molar refractivity (Wildman–Crippen MR) is 104 cm³/mol. The van der Waals surface area contributed by atoms with E-state index in [0.29, 0.717) is 6.54 Å². The van der Waals surface area contributed by atoms with Gasteiger partial charge in [0.05, 0.1) is 22.8 Å². The lowest BCUT2D eigenvalue weighted by molar-refractivity contribution is -0.137. The molecule has 0 radical (unpaired) electrons. The number of aromatic nitrogens is 1. The second-order valence-corrected chi connectivity index (χ2v) is 8.66. The van der Waals surface area contributed by atoms with Gasteiger partial charge in [0.15, 0.2) is 0 Å². The van der Waals surface area contributed by atoms with Gasteiger partial charge in [-0.05, 0) is 49.5 Å². The van der Waals surface area contributed by atoms with Crippen LogP contribution in [-0.4, -0.2) is 40.3 Å². The number of carbonyl (C=O) groups is 1. The Bertz CT molecular complexity index is 868. The first-order valence-corrected chi connectivity index (χ1v) is 10.2. The summed E-state index contributed by atoms with van der Waals surface area (Å²) in [5.74, 6) is 0.209. The number of para-hydroxylation sites is 1. The molecule has 3 aromatic rings. The second-order valence-electron chi connectivity index (χ2n) is 6.55. The molecule has 1 aliphatic rings. The minimum Gasteiger partial charge on any atom is -0.337 e. The fraction of sp³-hybridized carbons (Fsp3) is 0.368. The minimum atomic E-state index is -0.146. The van der Waals surface area contributed by atoms with E-state index in [0.717, 1.165) is 30.0 Å². The van der Waals surface area contributed by atoms with Gasteiger partial charge in [-0.2, -0.15) is 0 Å². The van der Waals surface area contributed by atoms with Crippen molar-refractivity contribution in [3.05, 3.63) is 51.2 Å². The van der Waals surface area contributed by atoms with Crippen LogP contribution < -0.4 is 0 Å². The van der Waals surface area contributed by atoms with Gasteiger partial charge in [-0.25, -0.2) is 4.98 Å². The van der Waals surface area contributed by atoms with Crippen LogP contribution in [-0.2, 0) is 24.3 Å². The first-order valence-electron chi connectivity index (χ1n) is 8.50. The Balaban J connectivity index is 1.43. The molecule has 1 aromatic carbocycles. The van der Waals surface area contributed by atoms with Crippen LogP contribution in [0.15, 0.2) is 35.7 Å². The molecule has 0 saturated heterocycles. The summed E-state index contributed by atoms with van der Waals surface area (Å²) < 4.78 is 1.20. The predicted octanol–water partition coefficient (Wildman–Crippen LogP) is 3.76. The first kappa shape index (κ1) is 16.7. The number of rotatable bonds is 4. The van der Waals surface area contributed by atoms with Crippen molar-refractivity contribution in [3.8, 4) is 0 Å². The molecule has 1 aliphatic heterocycles. The van der Waals surface area contributed by atoms with Crippen molar-refractivity contribution in [1.82, 2.24) is 14.8 Å². The molecule has 4 rings (SSSR count). The summed E-state index contributed by atoms with van der Waals surface area (Å²) in [4.78, 5) is 23.1. The molecule has 1 amide bonds. The van der Waals surface area contributed by atoms with Gasteiger partial charge >= 0.3 is 0 Å². The number of carbonyl (C=O) groups excluding carboxylic acids is 1. The van der Waals surface area contributed by atoms with Gasteiger partial charge in [-0.15, -0.1) is 22.7 Å². The number of thiazole rings is 1. The Morgan fingerprint density at radius 2 is 2.20 bits per heavy atom. The number of amides is 1. The fourth-order valence-corrected chi connectivity index (χ4v) is 5.15. The molecule has 1 unspecified atom stereocenters. The molecule has 130 valence electrons. The van der Waals surface area contributed by atoms with Crippen molar-refractivity contribution in [2.45, 2.75) is 32.5 Å². The first-order chi connectivity index (χ1) is 12.1. The van der Waals surface area contributed by atoms with Crippen molar-refractivity contribution in [2.75, 3.05) is 13.6 Å². The monoisotopic (exact) mass is 371 g/mol. The molecule has 6 heteroatoms. The third-order valence-corrected chi connectivity index (χ3v) is 6.90. The third kappa shape index (κ3) is 3.34. The van der Waals surface area contributed by atoms with Gasteiger partial charge in [0.25, 0.3) is 0 Å². The molecule has 25 heavy (non-hydrogen) atoms. The molecular weight excluding hydrogens is 350 g/mol. The maximum Gasteiger partial charge on any atom is 0.239 e. The number of thiophene rings is 1. The topological polar surface area (TPSA) is 36.4 Å². The standard InChI is InChI=1S/C19H21N3OS2/c1-13(19(23)22-9-7-16-14(11-22)8-10-24-16)21(2)12-18-20-15-5-3-4-6-17(15)25-18/h3-6,8,10,13H,7,9,11-12H2,1-2H3. The highest BCUT2D eigenvalue weighted by molar-refractivity contribution is 7.18. The number of fused-ring (bicyclic) bond motifs is 2. The lowest BCUT2D eigenvalue weighted by Gasteiger charge is -2.32. The normalized spacial score (nSPS) is 15.6. The third-order valence-electron chi connectivity index (χ3n) is 4.86. The Morgan fingerprint density at radius 3 is 3.04 bits per heavy atom. The van der Waals surface area contributed by atoms with Crippen LogP contribution in [0.2, 0.25) is 0 Å². The van der Waals surface area contributed by atoms with E-state index in [-0.39, 0.29) is 11.9 Å². The number of hydrogen-bond acceptors (Lipinski definition) is 5. The van der Waals surface area contributed by atoms with Gasteiger partial charge < -0.3 is 4.90 Å². The van der Waals surface area contributed by atoms with E-state index in [1.54, 1.807) is 22.7 Å². The summed E-state index contributed by atoms with van der Waals surface area (Å²) in [5.41, 5.74) is 2.35. The summed E-state index contributed by atoms with van der Waals surface area (Å²) in [7, 11) is 2.01. The Hall–Kier alpha value is -1.76. The van der Waals surface area contributed by atoms with E-state index in [1.807, 2.05) is 37.1 Å². The Morgan fingerprint density at radius 1 is 1.36 bits per heavy atom. The molecule has 0 spiro atoms. The lowest BCUT2D eigenvalue weighted by atomic mass is 10.1. The molecular formula is C19H21N3OS2. The molecule has 0 bridgehead atoms. The van der Waals surface area contributed by atoms with Crippen LogP contribution in [0.1, 0.15) is 22.4 Å². The Kier molecular flexibility index (Phi) is 4.58. The highest BCUT2D eigenvalue weighted by Gasteiger charge is 2.27. The van der Waals surface area contributed by atoms with Crippen LogP contribution >= 0.6 is 22.7 Å². The quantitative estimate of drug-likeness (QED) is 0.701. The summed E-state index contributed by atoms with van der Waals surface area (Å²) in [6.45, 7) is 4.27. The van der Waals surface area contributed by atoms with Gasteiger partial charge in [0.2, 0.25) is 5.91 Å². The number of likely N-dealkylation sites (N-methyl/N-ethyl adjacent to an activating group) is 1. The van der Waals surface area contributed by atoms with Crippen LogP contribution in [0.4, 0.5) is 0 Å². The molecule has 4 nitrogen and oxygen atoms in total. The maximum absolute atomic E-state index is 12.9. The molecule has 2 aromatic heterocycles. The van der Waals surface area contributed by atoms with E-state index >= 15 is 0 Å². The average Bonchev–Trinajstić information content (AvgIpc) is 3.25. The van der Waals surface area contributed by atoms with Crippen LogP contribution in [0.25, 0.3) is 10.2 Å². The van der Waals surface area contributed by atoms with Gasteiger partial charge in [-0.3, -0.25) is 9.69 Å². The second kappa shape index (κ2) is 6.86. The smallest absolute Gasteiger partial charge is 0.239 e. The number of benzene rings is 1. The van der Waals surface area contributed by atoms with Crippen molar-refractivity contribution < 1.29 is 4.79 Å². The van der Waals surface area contributed by atoms with E-state index in [1.165, 1.54) is 15.1 Å². The van der Waals surface area contributed by atoms with E-state index in [9.17, 15) is 4.79 Å². The maximum atomic E-state index is 12.9. The molecule has 1 atom stereocenters. The van der Waals surface area contributed by atoms with Gasteiger partial charge in [-0.1, -0.05) is 12.1 Å². The largest absolute Gasteiger partial charge is 0.337 e. The molecule has 0 aliphatic carbocycles. The van der Waals surface area contributed by atoms with Crippen molar-refractivity contribution in [2.24, 2.45) is 0 Å². The zero-order chi connectivity index (χ0) is 17.4. The highest BCUT2D eigenvalue weighted by Crippen LogP contribution is 2.26. The molecule has 0 saturated carbocycles. The van der Waals surface area contributed by atoms with Crippen molar-refractivity contribution in [1.29, 1.82) is 0 Å². The number of hydrogen-bond donors (Lipinski definition) is 0. The van der Waals surface area contributed by atoms with E-state index in [4.69, 9.17) is 0 Å². The summed E-state index contributed by atoms with van der Waals surface area (Å²) in [6.07, 6.45) is 0.979. The van der Waals surface area contributed by atoms with Gasteiger partial charge in [0.1, 0.15) is 5.01 Å². The van der Waals surface area contributed by atoms with Gasteiger partial charge in [0, 0.05) is 18.0 Å². The van der Waals surface area contributed by atoms with Crippen LogP contribution in [0.3, 0.4) is 0 Å². The summed E-state index contributed by atoms with van der Waals surface area (Å²) >= 11 is 3.51. The summed E-state index contributed by atoms with van der Waals surface area (Å²) in [6, 6.07) is 10.2. The molecule has 3 heterocycles. The van der Waals surface area contributed by atoms with Crippen LogP contribution in [0, 0.1) is 0 Å². The molecule has 0 fully saturated rings. The van der Waals surface area contributed by atoms with Crippen LogP contribution in [0.5, 0.6) is 0 Å². The van der Waals surface area contributed by atoms with E-state index in [2.05, 4.69) is 27.4 Å². The van der Waals surface area contributed by atoms with Crippen molar-refractivity contribution in [3.63, 3.8) is 0 Å². The van der Waals surface area contributed by atoms with E-state index < -0.39 is 0 Å².